The topological polar surface area (TPSA) is 84.0 Å². The highest BCUT2D eigenvalue weighted by molar-refractivity contribution is 7.14. The lowest BCUT2D eigenvalue weighted by Gasteiger charge is -2.04. The van der Waals surface area contributed by atoms with E-state index in [1.165, 1.54) is 18.3 Å². The van der Waals surface area contributed by atoms with Gasteiger partial charge in [0.25, 0.3) is 5.91 Å². The lowest BCUT2D eigenvalue weighted by Crippen LogP contribution is -2.12. The number of aromatic nitrogens is 2. The molecule has 0 spiro atoms. The summed E-state index contributed by atoms with van der Waals surface area (Å²) in [5.41, 5.74) is 1.52. The third-order valence-corrected chi connectivity index (χ3v) is 3.94. The number of rotatable bonds is 5. The molecule has 6 nitrogen and oxygen atoms in total. The standard InChI is InChI=1S/C17H14N4O2S/c1-11(22)12-5-7-13(8-6-12)19-16(23)14-10-24-17(20-14)21-15-4-2-3-9-18-15/h2-10H,1H3,(H,19,23)(H,18,20,21). The highest BCUT2D eigenvalue weighted by atomic mass is 32.1. The number of carbonyl (C=O) groups is 2. The Hall–Kier alpha value is -3.06. The largest absolute Gasteiger partial charge is 0.321 e. The summed E-state index contributed by atoms with van der Waals surface area (Å²) in [6.45, 7) is 1.50. The Balaban J connectivity index is 1.66. The molecule has 3 aromatic rings. The van der Waals surface area contributed by atoms with Crippen LogP contribution in [-0.2, 0) is 0 Å². The van der Waals surface area contributed by atoms with Crippen LogP contribution < -0.4 is 10.6 Å². The molecule has 0 unspecified atom stereocenters. The number of pyridine rings is 1. The highest BCUT2D eigenvalue weighted by Gasteiger charge is 2.11. The minimum absolute atomic E-state index is 0.0161. The summed E-state index contributed by atoms with van der Waals surface area (Å²) in [7, 11) is 0. The number of benzene rings is 1. The monoisotopic (exact) mass is 338 g/mol. The van der Waals surface area contributed by atoms with E-state index in [4.69, 9.17) is 0 Å². The molecule has 3 rings (SSSR count). The molecular formula is C17H14N4O2S. The zero-order chi connectivity index (χ0) is 16.9. The summed E-state index contributed by atoms with van der Waals surface area (Å²) in [5.74, 6) is 0.340. The third-order valence-electron chi connectivity index (χ3n) is 3.19. The van der Waals surface area contributed by atoms with E-state index in [1.54, 1.807) is 35.8 Å². The summed E-state index contributed by atoms with van der Waals surface area (Å²) in [5, 5.41) is 8.05. The van der Waals surface area contributed by atoms with Gasteiger partial charge >= 0.3 is 0 Å². The summed E-state index contributed by atoms with van der Waals surface area (Å²) < 4.78 is 0. The van der Waals surface area contributed by atoms with Gasteiger partial charge in [-0.25, -0.2) is 9.97 Å². The number of anilines is 3. The summed E-state index contributed by atoms with van der Waals surface area (Å²) in [6.07, 6.45) is 1.67. The van der Waals surface area contributed by atoms with Gasteiger partial charge in [-0.1, -0.05) is 6.07 Å². The molecule has 24 heavy (non-hydrogen) atoms. The van der Waals surface area contributed by atoms with Crippen molar-refractivity contribution in [1.82, 2.24) is 9.97 Å². The molecule has 0 aliphatic heterocycles. The van der Waals surface area contributed by atoms with Gasteiger partial charge in [0, 0.05) is 22.8 Å². The number of Topliss-reactive ketones (excluding diaryl/α,β-unsaturated/α-hetero) is 1. The molecular weight excluding hydrogens is 324 g/mol. The number of hydrogen-bond acceptors (Lipinski definition) is 6. The molecule has 7 heteroatoms. The van der Waals surface area contributed by atoms with Crippen molar-refractivity contribution in [1.29, 1.82) is 0 Å². The van der Waals surface area contributed by atoms with Crippen LogP contribution >= 0.6 is 11.3 Å². The van der Waals surface area contributed by atoms with E-state index < -0.39 is 0 Å². The lowest BCUT2D eigenvalue weighted by atomic mass is 10.1. The van der Waals surface area contributed by atoms with Crippen molar-refractivity contribution in [3.8, 4) is 0 Å². The zero-order valence-corrected chi connectivity index (χ0v) is 13.6. The van der Waals surface area contributed by atoms with Crippen LogP contribution in [0.4, 0.5) is 16.6 Å². The van der Waals surface area contributed by atoms with Crippen molar-refractivity contribution < 1.29 is 9.59 Å². The van der Waals surface area contributed by atoms with E-state index in [9.17, 15) is 9.59 Å². The van der Waals surface area contributed by atoms with Gasteiger partial charge in [-0.05, 0) is 43.3 Å². The number of thiazole rings is 1. The molecule has 0 bridgehead atoms. The third kappa shape index (κ3) is 3.82. The maximum Gasteiger partial charge on any atom is 0.275 e. The van der Waals surface area contributed by atoms with Crippen LogP contribution in [0.5, 0.6) is 0 Å². The Kier molecular flexibility index (Phi) is 4.62. The molecule has 2 heterocycles. The van der Waals surface area contributed by atoms with Crippen molar-refractivity contribution in [2.24, 2.45) is 0 Å². The van der Waals surface area contributed by atoms with Crippen LogP contribution in [0.25, 0.3) is 0 Å². The number of nitrogens with zero attached hydrogens (tertiary/aromatic N) is 2. The zero-order valence-electron chi connectivity index (χ0n) is 12.8. The van der Waals surface area contributed by atoms with Crippen molar-refractivity contribution in [2.75, 3.05) is 10.6 Å². The first kappa shape index (κ1) is 15.8. The maximum absolute atomic E-state index is 12.2. The van der Waals surface area contributed by atoms with E-state index in [0.29, 0.717) is 27.9 Å². The minimum Gasteiger partial charge on any atom is -0.321 e. The molecule has 1 aromatic carbocycles. The van der Waals surface area contributed by atoms with Gasteiger partial charge in [0.15, 0.2) is 10.9 Å². The number of amides is 1. The SMILES string of the molecule is CC(=O)c1ccc(NC(=O)c2csc(Nc3ccccn3)n2)cc1. The van der Waals surface area contributed by atoms with Gasteiger partial charge in [0.1, 0.15) is 11.5 Å². The van der Waals surface area contributed by atoms with E-state index in [2.05, 4.69) is 20.6 Å². The van der Waals surface area contributed by atoms with Crippen LogP contribution in [0.3, 0.4) is 0 Å². The lowest BCUT2D eigenvalue weighted by molar-refractivity contribution is 0.101. The predicted octanol–water partition coefficient (Wildman–Crippen LogP) is 3.74. The first-order chi connectivity index (χ1) is 11.6. The Labute approximate surface area is 142 Å². The minimum atomic E-state index is -0.309. The number of hydrogen-bond donors (Lipinski definition) is 2. The van der Waals surface area contributed by atoms with E-state index in [1.807, 2.05) is 18.2 Å². The molecule has 0 saturated heterocycles. The van der Waals surface area contributed by atoms with Gasteiger partial charge in [-0.2, -0.15) is 0 Å². The average Bonchev–Trinajstić information content (AvgIpc) is 3.05. The normalized spacial score (nSPS) is 10.2. The molecule has 0 aliphatic rings. The van der Waals surface area contributed by atoms with Crippen LogP contribution in [0.15, 0.2) is 54.0 Å². The van der Waals surface area contributed by atoms with Crippen molar-refractivity contribution in [3.05, 3.63) is 65.3 Å². The average molecular weight is 338 g/mol. The predicted molar refractivity (Wildman–Crippen MR) is 94.0 cm³/mol. The van der Waals surface area contributed by atoms with Gasteiger partial charge < -0.3 is 10.6 Å². The second kappa shape index (κ2) is 7.01. The molecule has 120 valence electrons. The fourth-order valence-electron chi connectivity index (χ4n) is 1.97. The maximum atomic E-state index is 12.2. The van der Waals surface area contributed by atoms with Crippen LogP contribution in [0, 0.1) is 0 Å². The van der Waals surface area contributed by atoms with Gasteiger partial charge in [-0.15, -0.1) is 11.3 Å². The number of ketones is 1. The first-order valence-corrected chi connectivity index (χ1v) is 8.06. The fourth-order valence-corrected chi connectivity index (χ4v) is 2.66. The quantitative estimate of drug-likeness (QED) is 0.692. The summed E-state index contributed by atoms with van der Waals surface area (Å²) in [4.78, 5) is 31.9. The summed E-state index contributed by atoms with van der Waals surface area (Å²) >= 11 is 1.32. The number of nitrogens with one attached hydrogen (secondary N) is 2. The Morgan fingerprint density at radius 1 is 1.08 bits per heavy atom. The molecule has 1 amide bonds. The smallest absolute Gasteiger partial charge is 0.275 e. The molecule has 0 saturated carbocycles. The Morgan fingerprint density at radius 3 is 2.54 bits per heavy atom. The van der Waals surface area contributed by atoms with Crippen molar-refractivity contribution >= 4 is 39.7 Å². The van der Waals surface area contributed by atoms with E-state index in [-0.39, 0.29) is 11.7 Å². The van der Waals surface area contributed by atoms with Crippen molar-refractivity contribution in [2.45, 2.75) is 6.92 Å². The summed E-state index contributed by atoms with van der Waals surface area (Å²) in [6, 6.07) is 12.2. The van der Waals surface area contributed by atoms with Gasteiger partial charge in [-0.3, -0.25) is 9.59 Å². The van der Waals surface area contributed by atoms with Gasteiger partial charge in [0.2, 0.25) is 0 Å². The van der Waals surface area contributed by atoms with Crippen LogP contribution in [-0.4, -0.2) is 21.7 Å². The second-order valence-corrected chi connectivity index (χ2v) is 5.82. The van der Waals surface area contributed by atoms with Crippen molar-refractivity contribution in [3.63, 3.8) is 0 Å². The Morgan fingerprint density at radius 2 is 1.88 bits per heavy atom. The van der Waals surface area contributed by atoms with Crippen LogP contribution in [0.1, 0.15) is 27.8 Å². The molecule has 0 fully saturated rings. The Bertz CT molecular complexity index is 860. The highest BCUT2D eigenvalue weighted by Crippen LogP contribution is 2.20. The van der Waals surface area contributed by atoms with Crippen LogP contribution in [0.2, 0.25) is 0 Å². The van der Waals surface area contributed by atoms with Gasteiger partial charge in [0.05, 0.1) is 0 Å². The van der Waals surface area contributed by atoms with E-state index in [0.717, 1.165) is 0 Å². The van der Waals surface area contributed by atoms with E-state index >= 15 is 0 Å². The molecule has 0 aliphatic carbocycles. The molecule has 2 aromatic heterocycles. The molecule has 2 N–H and O–H groups in total. The second-order valence-electron chi connectivity index (χ2n) is 4.97. The number of carbonyl (C=O) groups excluding carboxylic acids is 2. The first-order valence-electron chi connectivity index (χ1n) is 7.18. The fraction of sp³-hybridized carbons (Fsp3) is 0.0588. The molecule has 0 radical (unpaired) electrons. The molecule has 0 atom stereocenters.